The van der Waals surface area contributed by atoms with Gasteiger partial charge in [-0.1, -0.05) is 37.3 Å². The number of hydrogen-bond acceptors (Lipinski definition) is 8. The topological polar surface area (TPSA) is 177 Å². The first kappa shape index (κ1) is 30.9. The molecule has 1 atom stereocenters. The maximum Gasteiger partial charge on any atom is 0.336 e. The van der Waals surface area contributed by atoms with E-state index in [9.17, 15) is 19.2 Å². The molecule has 1 fully saturated rings. The number of carbonyl (C=O) groups excluding carboxylic acids is 1. The van der Waals surface area contributed by atoms with E-state index in [-0.39, 0.29) is 11.9 Å². The third kappa shape index (κ3) is 9.84. The number of amides is 1. The van der Waals surface area contributed by atoms with Crippen LogP contribution in [0.1, 0.15) is 48.9 Å². The van der Waals surface area contributed by atoms with E-state index in [1.807, 2.05) is 25.1 Å². The molecule has 2 aromatic rings. The van der Waals surface area contributed by atoms with Crippen LogP contribution < -0.4 is 5.32 Å². The number of rotatable bonds is 12. The number of aryl methyl sites for hydroxylation is 1. The van der Waals surface area contributed by atoms with Gasteiger partial charge in [0.25, 0.3) is 0 Å². The van der Waals surface area contributed by atoms with Crippen molar-refractivity contribution in [1.82, 2.24) is 15.2 Å². The van der Waals surface area contributed by atoms with Gasteiger partial charge in [0.05, 0.1) is 30.0 Å². The molecule has 1 aromatic heterocycles. The largest absolute Gasteiger partial charge is 0.481 e. The lowest BCUT2D eigenvalue weighted by molar-refractivity contribution is -0.170. The Kier molecular flexibility index (Phi) is 11.8. The molecule has 1 aliphatic heterocycles. The average molecular weight is 550 g/mol. The highest BCUT2D eigenvalue weighted by Crippen LogP contribution is 2.28. The molecule has 3 rings (SSSR count). The number of thiazole rings is 1. The lowest BCUT2D eigenvalue weighted by atomic mass is 9.96. The molecule has 1 unspecified atom stereocenters. The van der Waals surface area contributed by atoms with Crippen molar-refractivity contribution >= 4 is 35.2 Å². The van der Waals surface area contributed by atoms with Crippen LogP contribution in [-0.4, -0.2) is 85.4 Å². The Morgan fingerprint density at radius 2 is 1.63 bits per heavy atom. The first-order valence-corrected chi connectivity index (χ1v) is 13.2. The second-order valence-electron chi connectivity index (χ2n) is 9.21. The minimum atomic E-state index is -2.74. The molecule has 1 aliphatic rings. The summed E-state index contributed by atoms with van der Waals surface area (Å²) in [7, 11) is 0. The lowest BCUT2D eigenvalue weighted by Gasteiger charge is -2.23. The number of benzene rings is 1. The van der Waals surface area contributed by atoms with Gasteiger partial charge in [0, 0.05) is 23.0 Å². The first-order chi connectivity index (χ1) is 17.9. The number of carbonyl (C=O) groups is 4. The summed E-state index contributed by atoms with van der Waals surface area (Å²) in [6.07, 6.45) is 1.65. The van der Waals surface area contributed by atoms with E-state index >= 15 is 0 Å². The number of aliphatic carboxylic acids is 3. The summed E-state index contributed by atoms with van der Waals surface area (Å²) in [5.74, 6) is -4.92. The Morgan fingerprint density at radius 3 is 2.13 bits per heavy atom. The quantitative estimate of drug-likeness (QED) is 0.264. The van der Waals surface area contributed by atoms with Gasteiger partial charge in [-0.15, -0.1) is 11.3 Å². The van der Waals surface area contributed by atoms with E-state index in [1.165, 1.54) is 25.9 Å². The summed E-state index contributed by atoms with van der Waals surface area (Å²) in [6.45, 7) is 7.45. The summed E-state index contributed by atoms with van der Waals surface area (Å²) in [5, 5.41) is 38.0. The number of aromatic nitrogens is 1. The van der Waals surface area contributed by atoms with Gasteiger partial charge in [-0.05, 0) is 39.3 Å². The van der Waals surface area contributed by atoms with E-state index in [4.69, 9.17) is 20.4 Å². The molecule has 0 saturated carbocycles. The highest BCUT2D eigenvalue weighted by atomic mass is 32.1. The molecule has 0 spiro atoms. The van der Waals surface area contributed by atoms with Crippen LogP contribution in [0.5, 0.6) is 0 Å². The Balaban J connectivity index is 0.000000332. The molecule has 12 heteroatoms. The molecule has 0 aliphatic carbocycles. The van der Waals surface area contributed by atoms with Crippen molar-refractivity contribution in [3.63, 3.8) is 0 Å². The molecule has 5 N–H and O–H groups in total. The zero-order chi connectivity index (χ0) is 28.3. The summed E-state index contributed by atoms with van der Waals surface area (Å²) >= 11 is 1.62. The van der Waals surface area contributed by atoms with Crippen LogP contribution in [0.25, 0.3) is 11.3 Å². The van der Waals surface area contributed by atoms with Gasteiger partial charge in [-0.3, -0.25) is 14.4 Å². The zero-order valence-corrected chi connectivity index (χ0v) is 22.4. The van der Waals surface area contributed by atoms with E-state index in [1.54, 1.807) is 11.3 Å². The molecule has 2 heterocycles. The van der Waals surface area contributed by atoms with Crippen molar-refractivity contribution in [2.24, 2.45) is 0 Å². The number of nitrogens with zero attached hydrogens (tertiary/aromatic N) is 2. The Hall–Kier alpha value is -3.35. The maximum absolute atomic E-state index is 12.6. The molecule has 11 nitrogen and oxygen atoms in total. The fourth-order valence-electron chi connectivity index (χ4n) is 4.10. The highest BCUT2D eigenvalue weighted by Gasteiger charge is 2.40. The van der Waals surface area contributed by atoms with Gasteiger partial charge < -0.3 is 30.6 Å². The zero-order valence-electron chi connectivity index (χ0n) is 21.6. The molecular weight excluding hydrogens is 514 g/mol. The van der Waals surface area contributed by atoms with Crippen molar-refractivity contribution in [2.45, 2.75) is 64.0 Å². The fraction of sp³-hybridized carbons (Fsp3) is 0.500. The Bertz CT molecular complexity index is 1080. The van der Waals surface area contributed by atoms with Gasteiger partial charge in [-0.2, -0.15) is 0 Å². The third-order valence-electron chi connectivity index (χ3n) is 5.99. The number of carboxylic acid groups (broad SMARTS) is 3. The van der Waals surface area contributed by atoms with Crippen molar-refractivity contribution in [3.05, 3.63) is 40.2 Å². The predicted octanol–water partition coefficient (Wildman–Crippen LogP) is 2.40. The van der Waals surface area contributed by atoms with Crippen LogP contribution in [0.4, 0.5) is 0 Å². The van der Waals surface area contributed by atoms with Crippen molar-refractivity contribution in [2.75, 3.05) is 19.6 Å². The molecule has 1 amide bonds. The monoisotopic (exact) mass is 549 g/mol. The summed E-state index contributed by atoms with van der Waals surface area (Å²) in [6, 6.07) is 10.4. The van der Waals surface area contributed by atoms with Gasteiger partial charge in [0.2, 0.25) is 5.91 Å². The van der Waals surface area contributed by atoms with Crippen LogP contribution in [0.2, 0.25) is 0 Å². The van der Waals surface area contributed by atoms with Crippen molar-refractivity contribution in [1.29, 1.82) is 0 Å². The smallest absolute Gasteiger partial charge is 0.336 e. The molecule has 1 saturated heterocycles. The number of carboxylic acids is 3. The minimum absolute atomic E-state index is 0.104. The van der Waals surface area contributed by atoms with Gasteiger partial charge in [-0.25, -0.2) is 9.78 Å². The number of nitrogens with one attached hydrogen (secondary N) is 1. The summed E-state index contributed by atoms with van der Waals surface area (Å²) in [5.41, 5.74) is -0.706. The van der Waals surface area contributed by atoms with Gasteiger partial charge >= 0.3 is 17.9 Å². The van der Waals surface area contributed by atoms with Crippen LogP contribution >= 0.6 is 11.3 Å². The maximum atomic E-state index is 12.6. The summed E-state index contributed by atoms with van der Waals surface area (Å²) < 4.78 is 0. The first-order valence-electron chi connectivity index (χ1n) is 12.4. The number of likely N-dealkylation sites (tertiary alicyclic amines) is 1. The predicted molar refractivity (Wildman–Crippen MR) is 141 cm³/mol. The number of hydrogen-bond donors (Lipinski definition) is 5. The molecular formula is C26H35N3O8S. The SMILES string of the molecule is CCC(CN1CCCC1)NC(=O)Cc1sc(C)nc1-c1ccccc1.O=C(O)CC(O)(CC(=O)O)C(=O)O. The lowest BCUT2D eigenvalue weighted by Crippen LogP contribution is -2.43. The Labute approximate surface area is 225 Å². The highest BCUT2D eigenvalue weighted by molar-refractivity contribution is 7.12. The Morgan fingerprint density at radius 1 is 1.05 bits per heavy atom. The van der Waals surface area contributed by atoms with E-state index in [2.05, 4.69) is 34.3 Å². The van der Waals surface area contributed by atoms with Gasteiger partial charge in [0.15, 0.2) is 5.60 Å². The average Bonchev–Trinajstić information content (AvgIpc) is 3.47. The molecule has 208 valence electrons. The van der Waals surface area contributed by atoms with Crippen LogP contribution in [-0.2, 0) is 25.6 Å². The summed E-state index contributed by atoms with van der Waals surface area (Å²) in [4.78, 5) is 51.2. The minimum Gasteiger partial charge on any atom is -0.481 e. The fourth-order valence-corrected chi connectivity index (χ4v) is 5.06. The molecule has 0 radical (unpaired) electrons. The normalized spacial score (nSPS) is 14.3. The van der Waals surface area contributed by atoms with Crippen molar-refractivity contribution < 1.29 is 39.6 Å². The standard InChI is InChI=1S/C20H27N3OS.C6H8O7/c1-3-17(14-23-11-7-8-12-23)22-19(24)13-18-20(21-15(2)25-18)16-9-5-4-6-10-16;7-3(8)1-6(13,5(11)12)2-4(9)10/h4-6,9-10,17H,3,7-8,11-14H2,1-2H3,(H,22,24);13H,1-2H2,(H,7,8)(H,9,10)(H,11,12). The van der Waals surface area contributed by atoms with Gasteiger partial charge in [0.1, 0.15) is 0 Å². The van der Waals surface area contributed by atoms with Crippen LogP contribution in [0.15, 0.2) is 30.3 Å². The van der Waals surface area contributed by atoms with E-state index in [0.717, 1.165) is 34.1 Å². The molecule has 38 heavy (non-hydrogen) atoms. The molecule has 0 bridgehead atoms. The van der Waals surface area contributed by atoms with Crippen molar-refractivity contribution in [3.8, 4) is 11.3 Å². The second-order valence-corrected chi connectivity index (χ2v) is 10.5. The second kappa shape index (κ2) is 14.6. The van der Waals surface area contributed by atoms with E-state index in [0.29, 0.717) is 6.42 Å². The number of aliphatic hydroxyl groups is 1. The van der Waals surface area contributed by atoms with E-state index < -0.39 is 36.4 Å². The van der Waals surface area contributed by atoms with Crippen LogP contribution in [0, 0.1) is 6.92 Å². The van der Waals surface area contributed by atoms with Crippen LogP contribution in [0.3, 0.4) is 0 Å². The molecule has 1 aromatic carbocycles. The third-order valence-corrected chi connectivity index (χ3v) is 6.96.